The van der Waals surface area contributed by atoms with Crippen molar-refractivity contribution in [2.45, 2.75) is 33.1 Å². The van der Waals surface area contributed by atoms with Gasteiger partial charge >= 0.3 is 0 Å². The second kappa shape index (κ2) is 8.17. The van der Waals surface area contributed by atoms with E-state index in [4.69, 9.17) is 4.74 Å². The molecular formula is C14H23NO. The SMILES string of the molecule is CCCNCCCCOc1cccc(C)c1. The molecule has 2 nitrogen and oxygen atoms in total. The van der Waals surface area contributed by atoms with E-state index in [2.05, 4.69) is 31.3 Å². The Kier molecular flexibility index (Phi) is 6.66. The molecule has 0 fully saturated rings. The molecule has 0 bridgehead atoms. The fourth-order valence-electron chi connectivity index (χ4n) is 1.55. The summed E-state index contributed by atoms with van der Waals surface area (Å²) in [5.41, 5.74) is 1.25. The van der Waals surface area contributed by atoms with Crippen LogP contribution in [0.2, 0.25) is 0 Å². The van der Waals surface area contributed by atoms with Crippen LogP contribution in [0.4, 0.5) is 0 Å². The van der Waals surface area contributed by atoms with E-state index in [9.17, 15) is 0 Å². The maximum Gasteiger partial charge on any atom is 0.119 e. The number of benzene rings is 1. The molecule has 0 unspecified atom stereocenters. The molecule has 90 valence electrons. The predicted molar refractivity (Wildman–Crippen MR) is 69.1 cm³/mol. The summed E-state index contributed by atoms with van der Waals surface area (Å²) in [5, 5.41) is 3.39. The van der Waals surface area contributed by atoms with Crippen molar-refractivity contribution in [3.8, 4) is 5.75 Å². The topological polar surface area (TPSA) is 21.3 Å². The van der Waals surface area contributed by atoms with Gasteiger partial charge in [0.2, 0.25) is 0 Å². The summed E-state index contributed by atoms with van der Waals surface area (Å²) in [6, 6.07) is 8.21. The van der Waals surface area contributed by atoms with E-state index < -0.39 is 0 Å². The highest BCUT2D eigenvalue weighted by Crippen LogP contribution is 2.12. The molecule has 0 atom stereocenters. The maximum absolute atomic E-state index is 5.67. The Morgan fingerprint density at radius 2 is 2.06 bits per heavy atom. The van der Waals surface area contributed by atoms with Gasteiger partial charge in [-0.15, -0.1) is 0 Å². The van der Waals surface area contributed by atoms with Crippen molar-refractivity contribution in [1.29, 1.82) is 0 Å². The second-order valence-corrected chi connectivity index (χ2v) is 4.12. The lowest BCUT2D eigenvalue weighted by atomic mass is 10.2. The van der Waals surface area contributed by atoms with Crippen LogP contribution in [0, 0.1) is 6.92 Å². The lowest BCUT2D eigenvalue weighted by Crippen LogP contribution is -2.16. The van der Waals surface area contributed by atoms with Gasteiger partial charge in [-0.25, -0.2) is 0 Å². The van der Waals surface area contributed by atoms with Gasteiger partial charge in [0.1, 0.15) is 5.75 Å². The quantitative estimate of drug-likeness (QED) is 0.681. The van der Waals surface area contributed by atoms with Crippen LogP contribution in [0.5, 0.6) is 5.75 Å². The molecule has 0 aliphatic carbocycles. The maximum atomic E-state index is 5.67. The lowest BCUT2D eigenvalue weighted by molar-refractivity contribution is 0.305. The van der Waals surface area contributed by atoms with Crippen molar-refractivity contribution in [2.75, 3.05) is 19.7 Å². The van der Waals surface area contributed by atoms with Gasteiger partial charge in [0.15, 0.2) is 0 Å². The predicted octanol–water partition coefficient (Wildman–Crippen LogP) is 3.15. The van der Waals surface area contributed by atoms with Gasteiger partial charge in [-0.2, -0.15) is 0 Å². The third kappa shape index (κ3) is 5.76. The van der Waals surface area contributed by atoms with Crippen molar-refractivity contribution < 1.29 is 4.74 Å². The Balaban J connectivity index is 2.03. The van der Waals surface area contributed by atoms with Crippen molar-refractivity contribution in [2.24, 2.45) is 0 Å². The highest BCUT2D eigenvalue weighted by atomic mass is 16.5. The van der Waals surface area contributed by atoms with Crippen molar-refractivity contribution in [3.05, 3.63) is 29.8 Å². The normalized spacial score (nSPS) is 10.4. The molecule has 1 aromatic rings. The average Bonchev–Trinajstić information content (AvgIpc) is 2.28. The molecule has 0 aliphatic heterocycles. The number of hydrogen-bond acceptors (Lipinski definition) is 2. The smallest absolute Gasteiger partial charge is 0.119 e. The lowest BCUT2D eigenvalue weighted by Gasteiger charge is -2.07. The highest BCUT2D eigenvalue weighted by Gasteiger charge is 1.93. The molecular weight excluding hydrogens is 198 g/mol. The Morgan fingerprint density at radius 3 is 2.81 bits per heavy atom. The number of hydrogen-bond donors (Lipinski definition) is 1. The Bertz CT molecular complexity index is 286. The van der Waals surface area contributed by atoms with Gasteiger partial charge in [0, 0.05) is 0 Å². The molecule has 0 aliphatic rings. The molecule has 0 saturated carbocycles. The molecule has 0 saturated heterocycles. The van der Waals surface area contributed by atoms with Gasteiger partial charge in [-0.05, 0) is 57.0 Å². The van der Waals surface area contributed by atoms with Crippen molar-refractivity contribution >= 4 is 0 Å². The molecule has 0 spiro atoms. The van der Waals surface area contributed by atoms with Crippen LogP contribution in [0.1, 0.15) is 31.7 Å². The summed E-state index contributed by atoms with van der Waals surface area (Å²) in [5.74, 6) is 0.988. The molecule has 0 heterocycles. The first-order chi connectivity index (χ1) is 7.83. The summed E-state index contributed by atoms with van der Waals surface area (Å²) >= 11 is 0. The largest absolute Gasteiger partial charge is 0.494 e. The van der Waals surface area contributed by atoms with Gasteiger partial charge in [0.05, 0.1) is 6.61 Å². The van der Waals surface area contributed by atoms with E-state index in [0.717, 1.165) is 31.9 Å². The summed E-state index contributed by atoms with van der Waals surface area (Å²) < 4.78 is 5.67. The summed E-state index contributed by atoms with van der Waals surface area (Å²) in [7, 11) is 0. The van der Waals surface area contributed by atoms with Gasteiger partial charge in [0.25, 0.3) is 0 Å². The zero-order chi connectivity index (χ0) is 11.6. The van der Waals surface area contributed by atoms with E-state index in [1.54, 1.807) is 0 Å². The van der Waals surface area contributed by atoms with Crippen LogP contribution >= 0.6 is 0 Å². The van der Waals surface area contributed by atoms with Crippen molar-refractivity contribution in [3.63, 3.8) is 0 Å². The minimum atomic E-state index is 0.817. The summed E-state index contributed by atoms with van der Waals surface area (Å²) in [6.07, 6.45) is 3.51. The molecule has 0 radical (unpaired) electrons. The van der Waals surface area contributed by atoms with Gasteiger partial charge in [-0.3, -0.25) is 0 Å². The molecule has 1 aromatic carbocycles. The Morgan fingerprint density at radius 1 is 1.19 bits per heavy atom. The first-order valence-electron chi connectivity index (χ1n) is 6.23. The minimum Gasteiger partial charge on any atom is -0.494 e. The monoisotopic (exact) mass is 221 g/mol. The first-order valence-corrected chi connectivity index (χ1v) is 6.23. The third-order valence-electron chi connectivity index (χ3n) is 2.43. The van der Waals surface area contributed by atoms with E-state index in [0.29, 0.717) is 0 Å². The van der Waals surface area contributed by atoms with Crippen LogP contribution in [-0.2, 0) is 0 Å². The number of unbranched alkanes of at least 4 members (excludes halogenated alkanes) is 1. The van der Waals surface area contributed by atoms with E-state index in [1.165, 1.54) is 18.4 Å². The van der Waals surface area contributed by atoms with Gasteiger partial charge in [-0.1, -0.05) is 19.1 Å². The third-order valence-corrected chi connectivity index (χ3v) is 2.43. The average molecular weight is 221 g/mol. The molecule has 1 rings (SSSR count). The zero-order valence-corrected chi connectivity index (χ0v) is 10.5. The van der Waals surface area contributed by atoms with E-state index in [1.807, 2.05) is 12.1 Å². The zero-order valence-electron chi connectivity index (χ0n) is 10.5. The second-order valence-electron chi connectivity index (χ2n) is 4.12. The van der Waals surface area contributed by atoms with E-state index >= 15 is 0 Å². The first kappa shape index (κ1) is 13.0. The van der Waals surface area contributed by atoms with E-state index in [-0.39, 0.29) is 0 Å². The Hall–Kier alpha value is -1.02. The van der Waals surface area contributed by atoms with Crippen molar-refractivity contribution in [1.82, 2.24) is 5.32 Å². The fourth-order valence-corrected chi connectivity index (χ4v) is 1.55. The van der Waals surface area contributed by atoms with Gasteiger partial charge < -0.3 is 10.1 Å². The highest BCUT2D eigenvalue weighted by molar-refractivity contribution is 5.27. The number of rotatable bonds is 8. The molecule has 0 aromatic heterocycles. The van der Waals surface area contributed by atoms with Crippen LogP contribution in [-0.4, -0.2) is 19.7 Å². The van der Waals surface area contributed by atoms with Crippen LogP contribution in [0.3, 0.4) is 0 Å². The van der Waals surface area contributed by atoms with Crippen LogP contribution in [0.25, 0.3) is 0 Å². The minimum absolute atomic E-state index is 0.817. The molecule has 16 heavy (non-hydrogen) atoms. The standard InChI is InChI=1S/C14H23NO/c1-3-9-15-10-4-5-11-16-14-8-6-7-13(2)12-14/h6-8,12,15H,3-5,9-11H2,1-2H3. The Labute approximate surface area is 99.0 Å². The van der Waals surface area contributed by atoms with Crippen LogP contribution in [0.15, 0.2) is 24.3 Å². The molecule has 2 heteroatoms. The molecule has 0 amide bonds. The number of aryl methyl sites for hydroxylation is 1. The molecule has 1 N–H and O–H groups in total. The number of ether oxygens (including phenoxy) is 1. The van der Waals surface area contributed by atoms with Crippen LogP contribution < -0.4 is 10.1 Å². The fraction of sp³-hybridized carbons (Fsp3) is 0.571. The number of nitrogens with one attached hydrogen (secondary N) is 1. The summed E-state index contributed by atoms with van der Waals surface area (Å²) in [4.78, 5) is 0. The summed E-state index contributed by atoms with van der Waals surface area (Å²) in [6.45, 7) is 7.32.